The minimum absolute atomic E-state index is 0.0873. The topological polar surface area (TPSA) is 72.8 Å². The lowest BCUT2D eigenvalue weighted by Gasteiger charge is -2.39. The van der Waals surface area contributed by atoms with Gasteiger partial charge in [-0.15, -0.1) is 0 Å². The van der Waals surface area contributed by atoms with Crippen LogP contribution in [0.4, 0.5) is 57.1 Å². The maximum atomic E-state index is 13.8. The molecule has 2 bridgehead atoms. The van der Waals surface area contributed by atoms with Crippen LogP contribution < -0.4 is 0 Å². The van der Waals surface area contributed by atoms with Crippen molar-refractivity contribution >= 4 is 11.9 Å². The van der Waals surface area contributed by atoms with Crippen molar-refractivity contribution in [2.45, 2.75) is 60.8 Å². The van der Waals surface area contributed by atoms with Gasteiger partial charge in [0.1, 0.15) is 6.10 Å². The molecule has 1 N–H and O–H groups in total. The van der Waals surface area contributed by atoms with E-state index < -0.39 is 90.2 Å². The summed E-state index contributed by atoms with van der Waals surface area (Å²) < 4.78 is 179. The van der Waals surface area contributed by atoms with E-state index in [9.17, 15) is 71.8 Å². The normalized spacial score (nSPS) is 32.2. The van der Waals surface area contributed by atoms with Gasteiger partial charge in [0.05, 0.1) is 6.10 Å². The molecule has 5 atom stereocenters. The molecule has 1 aliphatic heterocycles. The number of carbonyl (C=O) groups is 2. The van der Waals surface area contributed by atoms with E-state index in [1.54, 1.807) is 0 Å². The van der Waals surface area contributed by atoms with E-state index in [-0.39, 0.29) is 6.42 Å². The molecule has 2 aliphatic carbocycles. The molecule has 0 amide bonds. The van der Waals surface area contributed by atoms with E-state index in [1.807, 2.05) is 0 Å². The maximum absolute atomic E-state index is 13.8. The molecule has 5 nitrogen and oxygen atoms in total. The first-order chi connectivity index (χ1) is 15.0. The molecule has 18 heteroatoms. The summed E-state index contributed by atoms with van der Waals surface area (Å²) in [6, 6.07) is 0. The second-order valence-corrected chi connectivity index (χ2v) is 8.21. The fraction of sp³-hybridized carbons (Fsp3) is 0.875. The third kappa shape index (κ3) is 2.98. The molecule has 34 heavy (non-hydrogen) atoms. The fourth-order valence-electron chi connectivity index (χ4n) is 4.47. The fourth-order valence-corrected chi connectivity index (χ4v) is 4.47. The van der Waals surface area contributed by atoms with Gasteiger partial charge in [-0.05, 0) is 18.8 Å². The highest BCUT2D eigenvalue weighted by Crippen LogP contribution is 2.63. The molecule has 1 heterocycles. The Morgan fingerprint density at radius 2 is 1.41 bits per heavy atom. The number of aliphatic hydroxyl groups excluding tert-OH is 1. The Bertz CT molecular complexity index is 885. The SMILES string of the molecule is O=C(OCC(F)(F)C(F)(F)C(F)(F)C(F)(F)C(F)(F)C(F)(F)F)C12CC3CC1C(OC2=O)C3O. The molecule has 2 saturated carbocycles. The first kappa shape index (κ1) is 26.6. The standard InChI is InChI=1S/C16H11F13O5/c17-11(18,12(19,20)13(21,22)14(23,24)15(25,26)16(27,28)29)3-33-8(31)10-2-4-1-5(10)7(6(4)30)34-9(10)32/h4-7,30H,1-3H2. The molecule has 5 unspecified atom stereocenters. The van der Waals surface area contributed by atoms with Crippen LogP contribution >= 0.6 is 0 Å². The number of ether oxygens (including phenoxy) is 2. The minimum atomic E-state index is -8.07. The highest BCUT2D eigenvalue weighted by Gasteiger charge is 2.91. The summed E-state index contributed by atoms with van der Waals surface area (Å²) in [5.41, 5.74) is -2.41. The first-order valence-electron chi connectivity index (χ1n) is 9.03. The third-order valence-corrected chi connectivity index (χ3v) is 6.34. The molecule has 0 aromatic heterocycles. The van der Waals surface area contributed by atoms with Gasteiger partial charge in [0.15, 0.2) is 12.0 Å². The van der Waals surface area contributed by atoms with Gasteiger partial charge in [-0.1, -0.05) is 0 Å². The van der Waals surface area contributed by atoms with Gasteiger partial charge in [0.25, 0.3) is 0 Å². The zero-order valence-electron chi connectivity index (χ0n) is 15.9. The molecule has 0 aromatic carbocycles. The van der Waals surface area contributed by atoms with Gasteiger partial charge in [0.2, 0.25) is 0 Å². The van der Waals surface area contributed by atoms with Crippen molar-refractivity contribution in [2.75, 3.05) is 6.61 Å². The molecule has 1 saturated heterocycles. The van der Waals surface area contributed by atoms with Crippen molar-refractivity contribution in [2.24, 2.45) is 17.3 Å². The van der Waals surface area contributed by atoms with Gasteiger partial charge >= 0.3 is 47.7 Å². The number of carbonyl (C=O) groups excluding carboxylic acids is 2. The van der Waals surface area contributed by atoms with Gasteiger partial charge in [0, 0.05) is 5.92 Å². The number of halogens is 13. The van der Waals surface area contributed by atoms with Crippen molar-refractivity contribution in [3.8, 4) is 0 Å². The largest absolute Gasteiger partial charge is 0.460 e. The van der Waals surface area contributed by atoms with Gasteiger partial charge in [-0.2, -0.15) is 57.1 Å². The van der Waals surface area contributed by atoms with Crippen LogP contribution in [0.2, 0.25) is 0 Å². The molecule has 3 aliphatic rings. The predicted octanol–water partition coefficient (Wildman–Crippen LogP) is 3.58. The number of esters is 2. The highest BCUT2D eigenvalue weighted by molar-refractivity contribution is 6.03. The number of hydrogen-bond donors (Lipinski definition) is 1. The molecular weight excluding hydrogens is 519 g/mol. The summed E-state index contributed by atoms with van der Waals surface area (Å²) in [6.45, 7) is -3.19. The lowest BCUT2D eigenvalue weighted by molar-refractivity contribution is -0.441. The van der Waals surface area contributed by atoms with E-state index in [2.05, 4.69) is 4.74 Å². The molecule has 0 aromatic rings. The summed E-state index contributed by atoms with van der Waals surface area (Å²) in [6.07, 6.45) is -10.8. The van der Waals surface area contributed by atoms with Crippen LogP contribution in [0.15, 0.2) is 0 Å². The van der Waals surface area contributed by atoms with Gasteiger partial charge < -0.3 is 14.6 Å². The summed E-state index contributed by atoms with van der Waals surface area (Å²) in [5.74, 6) is -43.6. The van der Waals surface area contributed by atoms with E-state index >= 15 is 0 Å². The predicted molar refractivity (Wildman–Crippen MR) is 76.3 cm³/mol. The van der Waals surface area contributed by atoms with E-state index in [1.165, 1.54) is 0 Å². The number of fused-ring (bicyclic) bond motifs is 1. The minimum Gasteiger partial charge on any atom is -0.458 e. The Labute approximate surface area is 179 Å². The molecule has 3 fully saturated rings. The van der Waals surface area contributed by atoms with Crippen molar-refractivity contribution in [3.05, 3.63) is 0 Å². The average molecular weight is 530 g/mol. The van der Waals surface area contributed by atoms with Crippen molar-refractivity contribution in [1.29, 1.82) is 0 Å². The highest BCUT2D eigenvalue weighted by atomic mass is 19.4. The van der Waals surface area contributed by atoms with Crippen LogP contribution in [0.3, 0.4) is 0 Å². The average Bonchev–Trinajstić information content (AvgIpc) is 3.27. The summed E-state index contributed by atoms with van der Waals surface area (Å²) in [7, 11) is 0. The Balaban J connectivity index is 1.83. The van der Waals surface area contributed by atoms with E-state index in [0.717, 1.165) is 0 Å². The Morgan fingerprint density at radius 3 is 1.88 bits per heavy atom. The lowest BCUT2D eigenvalue weighted by Crippen LogP contribution is -2.70. The number of alkyl halides is 13. The van der Waals surface area contributed by atoms with Crippen LogP contribution in [0.5, 0.6) is 0 Å². The lowest BCUT2D eigenvalue weighted by atomic mass is 9.73. The number of rotatable bonds is 7. The van der Waals surface area contributed by atoms with Crippen LogP contribution in [-0.2, 0) is 19.1 Å². The zero-order chi connectivity index (χ0) is 26.5. The maximum Gasteiger partial charge on any atom is 0.460 e. The van der Waals surface area contributed by atoms with Crippen LogP contribution in [0, 0.1) is 17.3 Å². The van der Waals surface area contributed by atoms with Crippen LogP contribution in [-0.4, -0.2) is 71.6 Å². The summed E-state index contributed by atoms with van der Waals surface area (Å²) in [4.78, 5) is 24.3. The van der Waals surface area contributed by atoms with Crippen molar-refractivity contribution < 1.29 is 81.2 Å². The second-order valence-electron chi connectivity index (χ2n) is 8.21. The van der Waals surface area contributed by atoms with Gasteiger partial charge in [-0.3, -0.25) is 9.59 Å². The zero-order valence-corrected chi connectivity index (χ0v) is 15.9. The van der Waals surface area contributed by atoms with Crippen molar-refractivity contribution in [3.63, 3.8) is 0 Å². The Morgan fingerprint density at radius 1 is 0.912 bits per heavy atom. The molecule has 196 valence electrons. The molecule has 0 spiro atoms. The molecule has 3 rings (SSSR count). The number of aliphatic hydroxyl groups is 1. The Kier molecular flexibility index (Phi) is 5.49. The quantitative estimate of drug-likeness (QED) is 0.310. The number of hydrogen-bond acceptors (Lipinski definition) is 5. The van der Waals surface area contributed by atoms with Crippen LogP contribution in [0.25, 0.3) is 0 Å². The van der Waals surface area contributed by atoms with Crippen LogP contribution in [0.1, 0.15) is 12.8 Å². The van der Waals surface area contributed by atoms with E-state index in [4.69, 9.17) is 4.74 Å². The van der Waals surface area contributed by atoms with E-state index in [0.29, 0.717) is 0 Å². The second kappa shape index (κ2) is 7.02. The molecule has 0 radical (unpaired) electrons. The smallest absolute Gasteiger partial charge is 0.458 e. The van der Waals surface area contributed by atoms with Gasteiger partial charge in [-0.25, -0.2) is 0 Å². The monoisotopic (exact) mass is 530 g/mol. The van der Waals surface area contributed by atoms with Crippen molar-refractivity contribution in [1.82, 2.24) is 0 Å². The first-order valence-corrected chi connectivity index (χ1v) is 9.03. The summed E-state index contributed by atoms with van der Waals surface area (Å²) >= 11 is 0. The Hall–Kier alpha value is -2.01. The third-order valence-electron chi connectivity index (χ3n) is 6.34. The summed E-state index contributed by atoms with van der Waals surface area (Å²) in [5, 5.41) is 9.83. The molecular formula is C16H11F13O5.